The zero-order chi connectivity index (χ0) is 13.8. The molecule has 1 saturated carbocycles. The molecule has 1 N–H and O–H groups in total. The number of nitrogens with one attached hydrogen (secondary N) is 1. The molecule has 0 saturated heterocycles. The SMILES string of the molecule is CCCNC1CCC(S(=O)c2ccc(C)cc2)C1C. The Hall–Kier alpha value is -0.670. The summed E-state index contributed by atoms with van der Waals surface area (Å²) >= 11 is 0. The van der Waals surface area contributed by atoms with E-state index >= 15 is 0 Å². The predicted octanol–water partition coefficient (Wildman–Crippen LogP) is 3.27. The van der Waals surface area contributed by atoms with E-state index in [2.05, 4.69) is 38.2 Å². The quantitative estimate of drug-likeness (QED) is 0.896. The van der Waals surface area contributed by atoms with Gasteiger partial charge in [0.1, 0.15) is 0 Å². The summed E-state index contributed by atoms with van der Waals surface area (Å²) in [6.45, 7) is 7.57. The van der Waals surface area contributed by atoms with Gasteiger partial charge in [-0.15, -0.1) is 0 Å². The summed E-state index contributed by atoms with van der Waals surface area (Å²) in [4.78, 5) is 0.985. The van der Waals surface area contributed by atoms with E-state index in [1.807, 2.05) is 12.1 Å². The van der Waals surface area contributed by atoms with Crippen molar-refractivity contribution < 1.29 is 4.21 Å². The van der Waals surface area contributed by atoms with Crippen LogP contribution in [0.25, 0.3) is 0 Å². The van der Waals surface area contributed by atoms with Gasteiger partial charge in [-0.05, 0) is 50.8 Å². The summed E-state index contributed by atoms with van der Waals surface area (Å²) in [5.74, 6) is 0.494. The van der Waals surface area contributed by atoms with Gasteiger partial charge in [-0.3, -0.25) is 4.21 Å². The van der Waals surface area contributed by atoms with E-state index in [-0.39, 0.29) is 0 Å². The van der Waals surface area contributed by atoms with Gasteiger partial charge in [0.15, 0.2) is 0 Å². The monoisotopic (exact) mass is 279 g/mol. The highest BCUT2D eigenvalue weighted by Crippen LogP contribution is 2.32. The first-order valence-electron chi connectivity index (χ1n) is 7.34. The second kappa shape index (κ2) is 6.67. The van der Waals surface area contributed by atoms with Crippen LogP contribution in [0, 0.1) is 12.8 Å². The van der Waals surface area contributed by atoms with Crippen LogP contribution in [0.3, 0.4) is 0 Å². The molecule has 0 aromatic heterocycles. The molecule has 3 heteroatoms. The molecule has 0 spiro atoms. The third-order valence-corrected chi connectivity index (χ3v) is 6.12. The lowest BCUT2D eigenvalue weighted by Gasteiger charge is -2.21. The van der Waals surface area contributed by atoms with E-state index < -0.39 is 10.8 Å². The smallest absolute Gasteiger partial charge is 0.0564 e. The Kier molecular flexibility index (Phi) is 5.17. The van der Waals surface area contributed by atoms with E-state index in [9.17, 15) is 4.21 Å². The summed E-state index contributed by atoms with van der Waals surface area (Å²) in [5.41, 5.74) is 1.22. The second-order valence-corrected chi connectivity index (χ2v) is 7.32. The average molecular weight is 279 g/mol. The molecule has 4 unspecified atom stereocenters. The Morgan fingerprint density at radius 2 is 1.95 bits per heavy atom. The second-order valence-electron chi connectivity index (χ2n) is 5.65. The van der Waals surface area contributed by atoms with Crippen LogP contribution < -0.4 is 5.32 Å². The summed E-state index contributed by atoms with van der Waals surface area (Å²) in [5, 5.41) is 3.89. The van der Waals surface area contributed by atoms with Crippen LogP contribution in [-0.2, 0) is 10.8 Å². The molecule has 0 aliphatic heterocycles. The first-order chi connectivity index (χ1) is 9.13. The first kappa shape index (κ1) is 14.7. The molecule has 1 aromatic carbocycles. The molecule has 0 amide bonds. The van der Waals surface area contributed by atoms with E-state index in [0.29, 0.717) is 17.2 Å². The highest BCUT2D eigenvalue weighted by atomic mass is 32.2. The number of hydrogen-bond acceptors (Lipinski definition) is 2. The van der Waals surface area contributed by atoms with E-state index in [1.165, 1.54) is 5.56 Å². The zero-order valence-electron chi connectivity index (χ0n) is 12.2. The van der Waals surface area contributed by atoms with Gasteiger partial charge in [0.2, 0.25) is 0 Å². The number of hydrogen-bond donors (Lipinski definition) is 1. The molecule has 0 radical (unpaired) electrons. The number of benzene rings is 1. The van der Waals surface area contributed by atoms with Crippen molar-refractivity contribution >= 4 is 10.8 Å². The Balaban J connectivity index is 2.02. The van der Waals surface area contributed by atoms with Gasteiger partial charge in [0.05, 0.1) is 10.8 Å². The summed E-state index contributed by atoms with van der Waals surface area (Å²) in [7, 11) is -0.863. The van der Waals surface area contributed by atoms with Gasteiger partial charge >= 0.3 is 0 Å². The molecule has 2 nitrogen and oxygen atoms in total. The summed E-state index contributed by atoms with van der Waals surface area (Å²) in [6, 6.07) is 8.69. The lowest BCUT2D eigenvalue weighted by molar-refractivity contribution is 0.429. The Morgan fingerprint density at radius 1 is 1.26 bits per heavy atom. The summed E-state index contributed by atoms with van der Waals surface area (Å²) < 4.78 is 12.7. The van der Waals surface area contributed by atoms with Gasteiger partial charge in [-0.2, -0.15) is 0 Å². The molecule has 0 heterocycles. The molecule has 19 heavy (non-hydrogen) atoms. The highest BCUT2D eigenvalue weighted by Gasteiger charge is 2.36. The van der Waals surface area contributed by atoms with Crippen LogP contribution in [0.1, 0.15) is 38.7 Å². The lowest BCUT2D eigenvalue weighted by Crippen LogP contribution is -2.35. The fourth-order valence-electron chi connectivity index (χ4n) is 2.90. The van der Waals surface area contributed by atoms with Crippen molar-refractivity contribution in [1.29, 1.82) is 0 Å². The van der Waals surface area contributed by atoms with Crippen LogP contribution in [0.5, 0.6) is 0 Å². The number of aryl methyl sites for hydroxylation is 1. The molecular weight excluding hydrogens is 254 g/mol. The van der Waals surface area contributed by atoms with Crippen molar-refractivity contribution in [3.63, 3.8) is 0 Å². The van der Waals surface area contributed by atoms with Crippen LogP contribution in [0.4, 0.5) is 0 Å². The maximum atomic E-state index is 12.7. The van der Waals surface area contributed by atoms with Crippen LogP contribution >= 0.6 is 0 Å². The molecule has 1 aromatic rings. The van der Waals surface area contributed by atoms with Crippen molar-refractivity contribution in [3.8, 4) is 0 Å². The lowest BCUT2D eigenvalue weighted by atomic mass is 10.1. The molecule has 1 aliphatic rings. The van der Waals surface area contributed by atoms with Gasteiger partial charge in [0, 0.05) is 16.2 Å². The summed E-state index contributed by atoms with van der Waals surface area (Å²) in [6.07, 6.45) is 3.39. The molecule has 1 aliphatic carbocycles. The maximum absolute atomic E-state index is 12.7. The topological polar surface area (TPSA) is 29.1 Å². The van der Waals surface area contributed by atoms with Crippen molar-refractivity contribution in [3.05, 3.63) is 29.8 Å². The standard InChI is InChI=1S/C16H25NOS/c1-4-11-17-15-9-10-16(13(15)3)19(18)14-7-5-12(2)6-8-14/h5-8,13,15-17H,4,9-11H2,1-3H3. The third-order valence-electron chi connectivity index (χ3n) is 4.17. The normalized spacial score (nSPS) is 28.5. The molecule has 2 rings (SSSR count). The van der Waals surface area contributed by atoms with Crippen molar-refractivity contribution in [2.45, 2.75) is 56.2 Å². The molecule has 0 bridgehead atoms. The van der Waals surface area contributed by atoms with Gasteiger partial charge in [-0.25, -0.2) is 0 Å². The molecule has 4 atom stereocenters. The van der Waals surface area contributed by atoms with Gasteiger partial charge in [-0.1, -0.05) is 31.5 Å². The Bertz CT molecular complexity index is 429. The zero-order valence-corrected chi connectivity index (χ0v) is 13.0. The minimum Gasteiger partial charge on any atom is -0.314 e. The Labute approximate surface area is 119 Å². The van der Waals surface area contributed by atoms with Crippen molar-refractivity contribution in [2.75, 3.05) is 6.54 Å². The van der Waals surface area contributed by atoms with E-state index in [0.717, 1.165) is 30.7 Å². The molecule has 106 valence electrons. The molecular formula is C16H25NOS. The largest absolute Gasteiger partial charge is 0.314 e. The van der Waals surface area contributed by atoms with Crippen LogP contribution in [0.15, 0.2) is 29.2 Å². The molecule has 1 fully saturated rings. The first-order valence-corrected chi connectivity index (χ1v) is 8.55. The van der Waals surface area contributed by atoms with E-state index in [1.54, 1.807) is 0 Å². The van der Waals surface area contributed by atoms with Crippen LogP contribution in [0.2, 0.25) is 0 Å². The number of rotatable bonds is 5. The minimum atomic E-state index is -0.863. The van der Waals surface area contributed by atoms with E-state index in [4.69, 9.17) is 0 Å². The minimum absolute atomic E-state index is 0.303. The van der Waals surface area contributed by atoms with Gasteiger partial charge in [0.25, 0.3) is 0 Å². The van der Waals surface area contributed by atoms with Gasteiger partial charge < -0.3 is 5.32 Å². The average Bonchev–Trinajstić information content (AvgIpc) is 2.78. The Morgan fingerprint density at radius 3 is 2.58 bits per heavy atom. The highest BCUT2D eigenvalue weighted by molar-refractivity contribution is 7.85. The van der Waals surface area contributed by atoms with Crippen molar-refractivity contribution in [1.82, 2.24) is 5.32 Å². The predicted molar refractivity (Wildman–Crippen MR) is 81.9 cm³/mol. The fourth-order valence-corrected chi connectivity index (χ4v) is 4.58. The maximum Gasteiger partial charge on any atom is 0.0564 e. The van der Waals surface area contributed by atoms with Crippen molar-refractivity contribution in [2.24, 2.45) is 5.92 Å². The van der Waals surface area contributed by atoms with Crippen LogP contribution in [-0.4, -0.2) is 22.0 Å². The fraction of sp³-hybridized carbons (Fsp3) is 0.625. The third kappa shape index (κ3) is 3.46.